The number of allylic oxidation sites excluding steroid dienone is 3. The number of aliphatic carboxylic acids is 2. The average Bonchev–Trinajstić information content (AvgIpc) is 3.22. The molecule has 0 fully saturated rings. The molecule has 40 heteroatoms. The molecule has 0 radical (unpaired) electrons. The number of carboxylic acid groups (broad SMARTS) is 2. The molecule has 0 saturated carbocycles. The summed E-state index contributed by atoms with van der Waals surface area (Å²) in [6, 6.07) is 0. The minimum Gasteiger partial charge on any atom is -0.481 e. The van der Waals surface area contributed by atoms with E-state index < -0.39 is 24.9 Å². The van der Waals surface area contributed by atoms with Crippen molar-refractivity contribution in [1.82, 2.24) is 0 Å². The van der Waals surface area contributed by atoms with Gasteiger partial charge in [0, 0.05) is 313 Å². The van der Waals surface area contributed by atoms with E-state index in [2.05, 4.69) is 49.6 Å². The third-order valence-electron chi connectivity index (χ3n) is 1.60. The first-order valence-electron chi connectivity index (χ1n) is 12.9. The monoisotopic (exact) mass is 1590 g/mol. The van der Waals surface area contributed by atoms with E-state index >= 15 is 0 Å². The zero-order valence-electron chi connectivity index (χ0n) is 32.8. The molecule has 0 aromatic rings. The van der Waals surface area contributed by atoms with Crippen LogP contribution in [0.3, 0.4) is 0 Å². The fourth-order valence-corrected chi connectivity index (χ4v) is 55.3. The van der Waals surface area contributed by atoms with Gasteiger partial charge in [-0.3, -0.25) is 14.0 Å². The van der Waals surface area contributed by atoms with Crippen molar-refractivity contribution in [3.05, 3.63) is 23.2 Å². The summed E-state index contributed by atoms with van der Waals surface area (Å²) in [6.45, 7) is 9.55. The maximum absolute atomic E-state index is 11.2. The Balaban J connectivity index is -0.0000000437. The fourth-order valence-electron chi connectivity index (χ4n) is 0.393. The van der Waals surface area contributed by atoms with Crippen LogP contribution in [0.5, 0.6) is 0 Å². The van der Waals surface area contributed by atoms with Crippen molar-refractivity contribution in [2.75, 3.05) is 28.3 Å². The van der Waals surface area contributed by atoms with Gasteiger partial charge in [0.15, 0.2) is 6.86 Å². The van der Waals surface area contributed by atoms with E-state index in [-0.39, 0.29) is 35.3 Å². The molecule has 0 rings (SSSR count). The van der Waals surface area contributed by atoms with Gasteiger partial charge in [-0.25, -0.2) is 4.39 Å². The summed E-state index contributed by atoms with van der Waals surface area (Å²) in [5, 5.41) is 14.8. The van der Waals surface area contributed by atoms with E-state index in [4.69, 9.17) is 64.6 Å². The van der Waals surface area contributed by atoms with Crippen LogP contribution < -0.4 is 0 Å². The zero-order chi connectivity index (χ0) is 49.7. The summed E-state index contributed by atoms with van der Waals surface area (Å²) in [4.78, 5) is 19.8. The summed E-state index contributed by atoms with van der Waals surface area (Å²) >= 11 is 21.9. The maximum Gasteiger partial charge on any atom is 0.352 e. The molecule has 0 aliphatic heterocycles. The van der Waals surface area contributed by atoms with Crippen LogP contribution in [0.1, 0.15) is 63.3 Å². The van der Waals surface area contributed by atoms with E-state index in [1.165, 1.54) is 42.6 Å². The van der Waals surface area contributed by atoms with Crippen molar-refractivity contribution >= 4 is 286 Å². The number of rotatable bonds is 2. The Morgan fingerprint density at radius 3 is 0.875 bits per heavy atom. The smallest absolute Gasteiger partial charge is 0.352 e. The van der Waals surface area contributed by atoms with E-state index in [0.29, 0.717) is 14.1 Å². The Kier molecular flexibility index (Phi) is 185. The Labute approximate surface area is 489 Å². The van der Waals surface area contributed by atoms with Gasteiger partial charge in [-0.15, -0.1) is 18.3 Å². The Morgan fingerprint density at radius 2 is 0.812 bits per heavy atom. The first-order valence-corrected chi connectivity index (χ1v) is 48.5. The normalized spacial score (nSPS) is 7.03. The van der Waals surface area contributed by atoms with Crippen molar-refractivity contribution in [1.29, 1.82) is 0 Å². The van der Waals surface area contributed by atoms with Crippen LogP contribution in [0, 0.1) is 24.2 Å². The van der Waals surface area contributed by atoms with Crippen molar-refractivity contribution < 1.29 is 67.3 Å². The molecule has 0 aromatic carbocycles. The van der Waals surface area contributed by atoms with Gasteiger partial charge in [0.25, 0.3) is 11.9 Å². The van der Waals surface area contributed by atoms with Crippen LogP contribution in [0.4, 0.5) is 17.6 Å². The Bertz CT molecular complexity index is 2220. The number of halogens is 5. The molecule has 0 spiro atoms. The van der Waals surface area contributed by atoms with Crippen molar-refractivity contribution in [2.45, 2.75) is 69.4 Å². The summed E-state index contributed by atoms with van der Waals surface area (Å²) in [6.07, 6.45) is 7.29. The molecule has 0 saturated heterocycles. The van der Waals surface area contributed by atoms with Crippen LogP contribution in [0.2, 0.25) is 0 Å². The van der Waals surface area contributed by atoms with Gasteiger partial charge in [0.05, 0.1) is 7.18 Å². The standard InChI is InChI=1S/C6H8.C3H5Br.C3H6F2O.C3H4.C2H5FO.2C2H4O2.CH3F.2CH4.Pd.S15.S13/c1-3-5-6-4-2;1-2-3-4;1-3(4,5)6-2;1-3-2;1-4-2-3;2*1-2(3)4;1-2;;;;1-3-5-7-9-11-13-15-14-12-10-8-6-4-2;1-3-5-7-9-11-13-12-10-8-6-4-2/h3,5H,1-2H3;2-3H,1H3;1-2H3;1H,2H3;2H2,1H3;2*1H3,(H,3,4);1H3;2*1H4;;;/b5-3+;3-2+;;;;;;;;;;;. The van der Waals surface area contributed by atoms with Crippen LogP contribution in [-0.2, 0) is 297 Å². The Morgan fingerprint density at radius 1 is 0.656 bits per heavy atom. The predicted octanol–water partition coefficient (Wildman–Crippen LogP) is 7.92. The molecule has 0 unspecified atom stereocenters. The molecular formula is C24H47BrF4O6PdS28. The van der Waals surface area contributed by atoms with Crippen molar-refractivity contribution in [3.63, 3.8) is 0 Å². The van der Waals surface area contributed by atoms with Crippen LogP contribution in [-0.4, -0.2) is 56.5 Å². The number of terminal acetylenes is 1. The number of methoxy groups -OCH3 is 2. The van der Waals surface area contributed by atoms with Gasteiger partial charge >= 0.3 is 6.11 Å². The number of hydrogen-bond acceptors (Lipinski definition) is 8. The van der Waals surface area contributed by atoms with E-state index in [9.17, 15) is 17.6 Å². The van der Waals surface area contributed by atoms with Crippen molar-refractivity contribution in [2.24, 2.45) is 0 Å². The number of carbonyl (C=O) groups is 2. The van der Waals surface area contributed by atoms with Gasteiger partial charge in [-0.05, 0) is 38.8 Å². The molecule has 0 heterocycles. The van der Waals surface area contributed by atoms with Gasteiger partial charge in [0.1, 0.15) is 0 Å². The van der Waals surface area contributed by atoms with E-state index in [1.54, 1.807) is 185 Å². The maximum atomic E-state index is 11.2. The first kappa shape index (κ1) is 101. The molecule has 2 N–H and O–H groups in total. The fraction of sp³-hybridized carbons (Fsp3) is 0.583. The molecule has 6 nitrogen and oxygen atoms in total. The van der Waals surface area contributed by atoms with Gasteiger partial charge in [-0.1, -0.05) is 48.9 Å². The van der Waals surface area contributed by atoms with Gasteiger partial charge < -0.3 is 19.7 Å². The number of alkyl halides is 4. The minimum atomic E-state index is -2.96. The molecule has 0 aromatic heterocycles. The molecule has 64 heavy (non-hydrogen) atoms. The second-order valence-electron chi connectivity index (χ2n) is 5.72. The Hall–Kier alpha value is 4.48. The number of hydrogen-bond donors (Lipinski definition) is 2. The van der Waals surface area contributed by atoms with Gasteiger partial charge in [-0.2, -0.15) is 8.78 Å². The minimum absolute atomic E-state index is 0. The SMILES string of the molecule is C.C.C#CC.C/C=C/Br.CC#C/C=C/C.CC(=O)O.CC(=O)O.CF.COC(C)(F)F.COCF.S=S=S=S=S=S=S=S=S=S=S=S=S.S=S=S=S=S=S=S=S=S=S=S=S=S=S=S.[Pd]. The number of ether oxygens (including phenoxy) is 2. The predicted molar refractivity (Wildman–Crippen MR) is 350 cm³/mol. The summed E-state index contributed by atoms with van der Waals surface area (Å²) in [7, 11) is 42.6. The molecule has 0 bridgehead atoms. The third-order valence-corrected chi connectivity index (χ3v) is 51.0. The van der Waals surface area contributed by atoms with Crippen molar-refractivity contribution in [3.8, 4) is 24.2 Å². The summed E-state index contributed by atoms with van der Waals surface area (Å²) in [5.74, 6) is 6.08. The zero-order valence-corrected chi connectivity index (χ0v) is 58.8. The summed E-state index contributed by atoms with van der Waals surface area (Å²) in [5.41, 5.74) is 0. The molecule has 0 aliphatic rings. The largest absolute Gasteiger partial charge is 0.481 e. The first-order chi connectivity index (χ1) is 29.0. The molecule has 392 valence electrons. The second-order valence-corrected chi connectivity index (χ2v) is 48.7. The summed E-state index contributed by atoms with van der Waals surface area (Å²) < 4.78 is 49.9. The molecule has 0 atom stereocenters. The second kappa shape index (κ2) is 117. The number of carboxylic acids is 2. The molecular weight excluding hydrogens is 1540 g/mol. The molecule has 0 amide bonds. The van der Waals surface area contributed by atoms with E-state index in [0.717, 1.165) is 21.0 Å². The van der Waals surface area contributed by atoms with Crippen LogP contribution >= 0.6 is 15.9 Å². The van der Waals surface area contributed by atoms with E-state index in [1.807, 2.05) is 44.0 Å². The van der Waals surface area contributed by atoms with Crippen LogP contribution in [0.25, 0.3) is 0 Å². The van der Waals surface area contributed by atoms with Gasteiger partial charge in [0.2, 0.25) is 0 Å². The average molecular weight is 1590 g/mol. The molecule has 0 aliphatic carbocycles. The quantitative estimate of drug-likeness (QED) is 0.162. The third kappa shape index (κ3) is 240. The van der Waals surface area contributed by atoms with Crippen LogP contribution in [0.15, 0.2) is 23.2 Å². The topological polar surface area (TPSA) is 93.1 Å².